The Hall–Kier alpha value is -2.83. The number of hydrogen-bond acceptors (Lipinski definition) is 5. The number of carbonyl (C=O) groups excluding carboxylic acids is 1. The van der Waals surface area contributed by atoms with Crippen LogP contribution in [0.5, 0.6) is 0 Å². The summed E-state index contributed by atoms with van der Waals surface area (Å²) in [6.45, 7) is 6.07. The first-order valence-corrected chi connectivity index (χ1v) is 8.79. The molecule has 7 nitrogen and oxygen atoms in total. The van der Waals surface area contributed by atoms with E-state index in [1.54, 1.807) is 10.6 Å². The average molecular weight is 357 g/mol. The van der Waals surface area contributed by atoms with Gasteiger partial charge in [0, 0.05) is 24.6 Å². The van der Waals surface area contributed by atoms with Crippen LogP contribution >= 0.6 is 0 Å². The SMILES string of the molecule is CC[C@H](Cn1c(=O)oc2ccccc21)NC(=O)CCc1c(C)noc1C. The fraction of sp³-hybridized carbons (Fsp3) is 0.421. The van der Waals surface area contributed by atoms with Gasteiger partial charge >= 0.3 is 5.76 Å². The molecule has 0 saturated heterocycles. The zero-order chi connectivity index (χ0) is 18.7. The minimum absolute atomic E-state index is 0.0577. The fourth-order valence-electron chi connectivity index (χ4n) is 3.08. The lowest BCUT2D eigenvalue weighted by Crippen LogP contribution is -2.39. The molecule has 1 amide bonds. The third kappa shape index (κ3) is 3.71. The number of nitrogens with one attached hydrogen (secondary N) is 1. The van der Waals surface area contributed by atoms with Gasteiger partial charge in [-0.2, -0.15) is 0 Å². The number of aromatic nitrogens is 2. The number of aryl methyl sites for hydroxylation is 2. The van der Waals surface area contributed by atoms with Crippen LogP contribution in [-0.2, 0) is 17.8 Å². The minimum atomic E-state index is -0.408. The molecule has 3 rings (SSSR count). The molecule has 0 spiro atoms. The molecule has 2 aromatic heterocycles. The van der Waals surface area contributed by atoms with Gasteiger partial charge in [-0.25, -0.2) is 4.79 Å². The zero-order valence-electron chi connectivity index (χ0n) is 15.2. The molecule has 0 radical (unpaired) electrons. The van der Waals surface area contributed by atoms with Crippen molar-refractivity contribution in [1.82, 2.24) is 15.0 Å². The molecular weight excluding hydrogens is 334 g/mol. The predicted octanol–water partition coefficient (Wildman–Crippen LogP) is 2.73. The highest BCUT2D eigenvalue weighted by atomic mass is 16.5. The van der Waals surface area contributed by atoms with E-state index in [4.69, 9.17) is 8.94 Å². The monoisotopic (exact) mass is 357 g/mol. The van der Waals surface area contributed by atoms with Crippen LogP contribution in [0.4, 0.5) is 0 Å². The van der Waals surface area contributed by atoms with Crippen molar-refractivity contribution in [3.05, 3.63) is 51.8 Å². The first kappa shape index (κ1) is 18.0. The molecule has 0 bridgehead atoms. The molecule has 2 heterocycles. The Bertz CT molecular complexity index is 947. The number of amides is 1. The van der Waals surface area contributed by atoms with E-state index in [2.05, 4.69) is 10.5 Å². The van der Waals surface area contributed by atoms with Gasteiger partial charge in [-0.1, -0.05) is 24.2 Å². The standard InChI is InChI=1S/C19H23N3O4/c1-4-14(11-22-16-7-5-6-8-17(16)25-19(22)24)20-18(23)10-9-15-12(2)21-26-13(15)3/h5-8,14H,4,9-11H2,1-3H3,(H,20,23)/t14-/m1/s1. The van der Waals surface area contributed by atoms with E-state index in [0.29, 0.717) is 31.4 Å². The molecule has 0 fully saturated rings. The average Bonchev–Trinajstić information content (AvgIpc) is 3.11. The van der Waals surface area contributed by atoms with Gasteiger partial charge in [0.1, 0.15) is 5.76 Å². The van der Waals surface area contributed by atoms with Crippen molar-refractivity contribution in [1.29, 1.82) is 0 Å². The van der Waals surface area contributed by atoms with Gasteiger partial charge in [-0.3, -0.25) is 9.36 Å². The Kier molecular flexibility index (Phi) is 5.25. The topological polar surface area (TPSA) is 90.3 Å². The van der Waals surface area contributed by atoms with Crippen molar-refractivity contribution >= 4 is 17.0 Å². The van der Waals surface area contributed by atoms with Crippen LogP contribution in [0.3, 0.4) is 0 Å². The van der Waals surface area contributed by atoms with E-state index in [9.17, 15) is 9.59 Å². The van der Waals surface area contributed by atoms with Gasteiger partial charge in [0.15, 0.2) is 5.58 Å². The second kappa shape index (κ2) is 7.59. The Morgan fingerprint density at radius 2 is 2.08 bits per heavy atom. The maximum atomic E-state index is 12.3. The number of hydrogen-bond donors (Lipinski definition) is 1. The van der Waals surface area contributed by atoms with Crippen LogP contribution in [0, 0.1) is 13.8 Å². The quantitative estimate of drug-likeness (QED) is 0.702. The second-order valence-corrected chi connectivity index (χ2v) is 6.42. The van der Waals surface area contributed by atoms with Gasteiger partial charge < -0.3 is 14.3 Å². The highest BCUT2D eigenvalue weighted by molar-refractivity contribution is 5.76. The van der Waals surface area contributed by atoms with Gasteiger partial charge in [-0.05, 0) is 38.8 Å². The second-order valence-electron chi connectivity index (χ2n) is 6.42. The van der Waals surface area contributed by atoms with Crippen molar-refractivity contribution < 1.29 is 13.7 Å². The Morgan fingerprint density at radius 1 is 1.31 bits per heavy atom. The zero-order valence-corrected chi connectivity index (χ0v) is 15.2. The molecule has 3 aromatic rings. The molecule has 1 aromatic carbocycles. The third-order valence-electron chi connectivity index (χ3n) is 4.62. The van der Waals surface area contributed by atoms with Crippen LogP contribution in [0.25, 0.3) is 11.1 Å². The number of carbonyl (C=O) groups is 1. The summed E-state index contributed by atoms with van der Waals surface area (Å²) in [5, 5.41) is 6.91. The molecule has 0 saturated carbocycles. The first-order chi connectivity index (χ1) is 12.5. The molecule has 7 heteroatoms. The molecule has 0 aliphatic carbocycles. The molecule has 26 heavy (non-hydrogen) atoms. The maximum Gasteiger partial charge on any atom is 0.420 e. The van der Waals surface area contributed by atoms with E-state index in [0.717, 1.165) is 22.5 Å². The van der Waals surface area contributed by atoms with Crippen molar-refractivity contribution in [2.45, 2.75) is 52.6 Å². The smallest absolute Gasteiger partial charge is 0.408 e. The lowest BCUT2D eigenvalue weighted by atomic mass is 10.1. The largest absolute Gasteiger partial charge is 0.420 e. The Balaban J connectivity index is 1.64. The molecule has 1 N–H and O–H groups in total. The van der Waals surface area contributed by atoms with Crippen LogP contribution in [0.1, 0.15) is 36.8 Å². The molecule has 138 valence electrons. The van der Waals surface area contributed by atoms with Gasteiger partial charge in [0.05, 0.1) is 11.2 Å². The number of benzene rings is 1. The highest BCUT2D eigenvalue weighted by Gasteiger charge is 2.17. The summed E-state index contributed by atoms with van der Waals surface area (Å²) < 4.78 is 11.9. The molecule has 1 atom stereocenters. The van der Waals surface area contributed by atoms with Crippen LogP contribution in [-0.4, -0.2) is 21.7 Å². The number of nitrogens with zero attached hydrogens (tertiary/aromatic N) is 2. The maximum absolute atomic E-state index is 12.3. The number of rotatable bonds is 7. The van der Waals surface area contributed by atoms with Crippen LogP contribution < -0.4 is 11.1 Å². The van der Waals surface area contributed by atoms with Crippen molar-refractivity contribution in [2.75, 3.05) is 0 Å². The van der Waals surface area contributed by atoms with Crippen molar-refractivity contribution in [3.63, 3.8) is 0 Å². The van der Waals surface area contributed by atoms with E-state index in [1.807, 2.05) is 39.0 Å². The van der Waals surface area contributed by atoms with E-state index >= 15 is 0 Å². The number of para-hydroxylation sites is 2. The molecule has 0 aliphatic heterocycles. The van der Waals surface area contributed by atoms with E-state index in [-0.39, 0.29) is 11.9 Å². The van der Waals surface area contributed by atoms with Gasteiger partial charge in [0.2, 0.25) is 5.91 Å². The summed E-state index contributed by atoms with van der Waals surface area (Å²) in [6.07, 6.45) is 1.64. The van der Waals surface area contributed by atoms with Crippen LogP contribution in [0.2, 0.25) is 0 Å². The van der Waals surface area contributed by atoms with Crippen LogP contribution in [0.15, 0.2) is 38.0 Å². The summed E-state index contributed by atoms with van der Waals surface area (Å²) >= 11 is 0. The lowest BCUT2D eigenvalue weighted by molar-refractivity contribution is -0.121. The van der Waals surface area contributed by atoms with Crippen molar-refractivity contribution in [2.24, 2.45) is 0 Å². The Labute approximate surface area is 151 Å². The van der Waals surface area contributed by atoms with Gasteiger partial charge in [-0.15, -0.1) is 0 Å². The summed E-state index contributed by atoms with van der Waals surface area (Å²) in [7, 11) is 0. The number of fused-ring (bicyclic) bond motifs is 1. The predicted molar refractivity (Wildman–Crippen MR) is 97.0 cm³/mol. The Morgan fingerprint density at radius 3 is 2.77 bits per heavy atom. The third-order valence-corrected chi connectivity index (χ3v) is 4.62. The number of oxazole rings is 1. The summed E-state index contributed by atoms with van der Waals surface area (Å²) in [6, 6.07) is 7.13. The minimum Gasteiger partial charge on any atom is -0.408 e. The summed E-state index contributed by atoms with van der Waals surface area (Å²) in [5.41, 5.74) is 3.09. The summed E-state index contributed by atoms with van der Waals surface area (Å²) in [5.74, 6) is 0.283. The summed E-state index contributed by atoms with van der Waals surface area (Å²) in [4.78, 5) is 24.4. The van der Waals surface area contributed by atoms with E-state index < -0.39 is 5.76 Å². The normalized spacial score (nSPS) is 12.4. The highest BCUT2D eigenvalue weighted by Crippen LogP contribution is 2.15. The molecular formula is C19H23N3O4. The fourth-order valence-corrected chi connectivity index (χ4v) is 3.08. The molecule has 0 aliphatic rings. The molecule has 0 unspecified atom stereocenters. The van der Waals surface area contributed by atoms with Crippen molar-refractivity contribution in [3.8, 4) is 0 Å². The lowest BCUT2D eigenvalue weighted by Gasteiger charge is -2.17. The van der Waals surface area contributed by atoms with Gasteiger partial charge in [0.25, 0.3) is 0 Å². The first-order valence-electron chi connectivity index (χ1n) is 8.79. The van der Waals surface area contributed by atoms with E-state index in [1.165, 1.54) is 0 Å².